The Hall–Kier alpha value is -1.38. The van der Waals surface area contributed by atoms with Gasteiger partial charge in [-0.05, 0) is 17.5 Å². The molecule has 14 heavy (non-hydrogen) atoms. The van der Waals surface area contributed by atoms with Crippen LogP contribution in [0.4, 0.5) is 4.39 Å². The Labute approximate surface area is 82.4 Å². The van der Waals surface area contributed by atoms with Crippen molar-refractivity contribution in [1.82, 2.24) is 0 Å². The molecule has 0 spiro atoms. The van der Waals surface area contributed by atoms with Crippen molar-refractivity contribution < 1.29 is 14.3 Å². The monoisotopic (exact) mass is 196 g/mol. The van der Waals surface area contributed by atoms with Crippen LogP contribution < -0.4 is 0 Å². The SMILES string of the molecule is CC(Cc1ccc(CF)cc1)C(=O)O. The number of carbonyl (C=O) groups is 1. The van der Waals surface area contributed by atoms with E-state index in [1.165, 1.54) is 0 Å². The first-order chi connectivity index (χ1) is 6.63. The predicted molar refractivity (Wildman–Crippen MR) is 51.8 cm³/mol. The van der Waals surface area contributed by atoms with E-state index < -0.39 is 18.6 Å². The molecule has 76 valence electrons. The Kier molecular flexibility index (Phi) is 3.63. The van der Waals surface area contributed by atoms with Gasteiger partial charge in [0.05, 0.1) is 5.92 Å². The van der Waals surface area contributed by atoms with Gasteiger partial charge in [-0.15, -0.1) is 0 Å². The molecule has 0 aliphatic rings. The Balaban J connectivity index is 2.64. The van der Waals surface area contributed by atoms with Gasteiger partial charge in [0.1, 0.15) is 6.67 Å². The third-order valence-electron chi connectivity index (χ3n) is 2.14. The normalized spacial score (nSPS) is 12.4. The van der Waals surface area contributed by atoms with Crippen molar-refractivity contribution in [2.45, 2.75) is 20.0 Å². The van der Waals surface area contributed by atoms with Gasteiger partial charge < -0.3 is 5.11 Å². The summed E-state index contributed by atoms with van der Waals surface area (Å²) in [5.74, 6) is -1.20. The number of carboxylic acids is 1. The van der Waals surface area contributed by atoms with Gasteiger partial charge in [-0.3, -0.25) is 4.79 Å². The summed E-state index contributed by atoms with van der Waals surface area (Å²) in [4.78, 5) is 10.6. The second kappa shape index (κ2) is 4.74. The number of benzene rings is 1. The fraction of sp³-hybridized carbons (Fsp3) is 0.364. The summed E-state index contributed by atoms with van der Waals surface area (Å²) < 4.78 is 12.2. The Morgan fingerprint density at radius 3 is 2.29 bits per heavy atom. The third-order valence-corrected chi connectivity index (χ3v) is 2.14. The first-order valence-electron chi connectivity index (χ1n) is 4.50. The van der Waals surface area contributed by atoms with Crippen LogP contribution in [-0.2, 0) is 17.9 Å². The van der Waals surface area contributed by atoms with E-state index in [2.05, 4.69) is 0 Å². The first kappa shape index (κ1) is 10.7. The summed E-state index contributed by atoms with van der Waals surface area (Å²) >= 11 is 0. The summed E-state index contributed by atoms with van der Waals surface area (Å²) in [5.41, 5.74) is 1.55. The van der Waals surface area contributed by atoms with E-state index in [1.54, 1.807) is 31.2 Å². The van der Waals surface area contributed by atoms with E-state index in [-0.39, 0.29) is 0 Å². The number of hydrogen-bond acceptors (Lipinski definition) is 1. The molecule has 1 unspecified atom stereocenters. The minimum atomic E-state index is -0.806. The Morgan fingerprint density at radius 1 is 1.36 bits per heavy atom. The van der Waals surface area contributed by atoms with Crippen LogP contribution in [0.3, 0.4) is 0 Å². The van der Waals surface area contributed by atoms with Crippen LogP contribution in [0, 0.1) is 5.92 Å². The van der Waals surface area contributed by atoms with Gasteiger partial charge >= 0.3 is 5.97 Å². The molecule has 0 bridgehead atoms. The van der Waals surface area contributed by atoms with Crippen molar-refractivity contribution >= 4 is 5.97 Å². The number of carboxylic acid groups (broad SMARTS) is 1. The topological polar surface area (TPSA) is 37.3 Å². The second-order valence-electron chi connectivity index (χ2n) is 3.39. The lowest BCUT2D eigenvalue weighted by Crippen LogP contribution is -2.12. The highest BCUT2D eigenvalue weighted by Crippen LogP contribution is 2.11. The molecule has 0 radical (unpaired) electrons. The number of rotatable bonds is 4. The van der Waals surface area contributed by atoms with E-state index >= 15 is 0 Å². The largest absolute Gasteiger partial charge is 0.481 e. The van der Waals surface area contributed by atoms with Crippen molar-refractivity contribution in [3.8, 4) is 0 Å². The minimum absolute atomic E-state index is 0.397. The van der Waals surface area contributed by atoms with Crippen LogP contribution in [0.5, 0.6) is 0 Å². The lowest BCUT2D eigenvalue weighted by atomic mass is 10.0. The molecule has 0 aliphatic heterocycles. The summed E-state index contributed by atoms with van der Waals surface area (Å²) in [5, 5.41) is 8.68. The van der Waals surface area contributed by atoms with Crippen molar-refractivity contribution in [2.24, 2.45) is 5.92 Å². The van der Waals surface area contributed by atoms with Gasteiger partial charge in [-0.25, -0.2) is 4.39 Å². The van der Waals surface area contributed by atoms with Crippen LogP contribution in [0.1, 0.15) is 18.1 Å². The summed E-state index contributed by atoms with van der Waals surface area (Å²) in [6.45, 7) is 1.18. The van der Waals surface area contributed by atoms with E-state index in [9.17, 15) is 9.18 Å². The quantitative estimate of drug-likeness (QED) is 0.802. The maximum atomic E-state index is 12.2. The standard InChI is InChI=1S/C11H13FO2/c1-8(11(13)14)6-9-2-4-10(7-12)5-3-9/h2-5,8H,6-7H2,1H3,(H,13,14). The summed E-state index contributed by atoms with van der Waals surface area (Å²) in [7, 11) is 0. The van der Waals surface area contributed by atoms with Gasteiger partial charge in [0.2, 0.25) is 0 Å². The zero-order valence-electron chi connectivity index (χ0n) is 8.03. The molecule has 1 aromatic carbocycles. The van der Waals surface area contributed by atoms with Crippen LogP contribution >= 0.6 is 0 Å². The molecular weight excluding hydrogens is 183 g/mol. The van der Waals surface area contributed by atoms with Gasteiger partial charge in [-0.1, -0.05) is 31.2 Å². The van der Waals surface area contributed by atoms with Crippen molar-refractivity contribution in [3.05, 3.63) is 35.4 Å². The first-order valence-corrected chi connectivity index (χ1v) is 4.50. The van der Waals surface area contributed by atoms with E-state index in [4.69, 9.17) is 5.11 Å². The minimum Gasteiger partial charge on any atom is -0.481 e. The molecule has 0 amide bonds. The average molecular weight is 196 g/mol. The number of halogens is 1. The van der Waals surface area contributed by atoms with Crippen LogP contribution in [0.2, 0.25) is 0 Å². The van der Waals surface area contributed by atoms with Gasteiger partial charge in [0.25, 0.3) is 0 Å². The van der Waals surface area contributed by atoms with E-state index in [0.717, 1.165) is 5.56 Å². The van der Waals surface area contributed by atoms with E-state index in [0.29, 0.717) is 12.0 Å². The maximum absolute atomic E-state index is 12.2. The molecule has 0 fully saturated rings. The predicted octanol–water partition coefficient (Wildman–Crippen LogP) is 2.42. The fourth-order valence-electron chi connectivity index (χ4n) is 1.21. The molecule has 0 saturated heterocycles. The third kappa shape index (κ3) is 2.83. The molecule has 0 saturated carbocycles. The number of hydrogen-bond donors (Lipinski definition) is 1. The maximum Gasteiger partial charge on any atom is 0.306 e. The zero-order chi connectivity index (χ0) is 10.6. The second-order valence-corrected chi connectivity index (χ2v) is 3.39. The Bertz CT molecular complexity index is 306. The van der Waals surface area contributed by atoms with Crippen LogP contribution in [0.15, 0.2) is 24.3 Å². The fourth-order valence-corrected chi connectivity index (χ4v) is 1.21. The molecule has 0 aromatic heterocycles. The zero-order valence-corrected chi connectivity index (χ0v) is 8.03. The lowest BCUT2D eigenvalue weighted by Gasteiger charge is -2.06. The molecule has 0 aliphatic carbocycles. The number of aliphatic carboxylic acids is 1. The molecule has 0 heterocycles. The molecule has 1 aromatic rings. The molecule has 2 nitrogen and oxygen atoms in total. The molecule has 1 rings (SSSR count). The smallest absolute Gasteiger partial charge is 0.306 e. The van der Waals surface area contributed by atoms with Crippen LogP contribution in [0.25, 0.3) is 0 Å². The highest BCUT2D eigenvalue weighted by atomic mass is 19.1. The molecular formula is C11H13FO2. The number of alkyl halides is 1. The molecule has 1 atom stereocenters. The molecule has 1 N–H and O–H groups in total. The Morgan fingerprint density at radius 2 is 1.86 bits per heavy atom. The van der Waals surface area contributed by atoms with Gasteiger partial charge in [0.15, 0.2) is 0 Å². The van der Waals surface area contributed by atoms with Crippen molar-refractivity contribution in [2.75, 3.05) is 0 Å². The van der Waals surface area contributed by atoms with Crippen molar-refractivity contribution in [1.29, 1.82) is 0 Å². The van der Waals surface area contributed by atoms with Gasteiger partial charge in [-0.2, -0.15) is 0 Å². The summed E-state index contributed by atoms with van der Waals surface area (Å²) in [6, 6.07) is 6.91. The van der Waals surface area contributed by atoms with Gasteiger partial charge in [0, 0.05) is 0 Å². The molecule has 3 heteroatoms. The highest BCUT2D eigenvalue weighted by molar-refractivity contribution is 5.69. The van der Waals surface area contributed by atoms with Crippen LogP contribution in [-0.4, -0.2) is 11.1 Å². The average Bonchev–Trinajstić information content (AvgIpc) is 2.19. The lowest BCUT2D eigenvalue weighted by molar-refractivity contribution is -0.141. The van der Waals surface area contributed by atoms with E-state index in [1.807, 2.05) is 0 Å². The highest BCUT2D eigenvalue weighted by Gasteiger charge is 2.10. The summed E-state index contributed by atoms with van der Waals surface area (Å²) in [6.07, 6.45) is 0.488. The van der Waals surface area contributed by atoms with Crippen molar-refractivity contribution in [3.63, 3.8) is 0 Å².